The molecule has 6 heteroatoms. The Labute approximate surface area is 168 Å². The Morgan fingerprint density at radius 3 is 2.61 bits per heavy atom. The molecular formula is C22H22ClN3O2. The van der Waals surface area contributed by atoms with Crippen molar-refractivity contribution in [3.8, 4) is 0 Å². The minimum atomic E-state index is -0.288. The van der Waals surface area contributed by atoms with Gasteiger partial charge in [-0.2, -0.15) is 0 Å². The molecular weight excluding hydrogens is 374 g/mol. The fraction of sp³-hybridized carbons (Fsp3) is 0.273. The van der Waals surface area contributed by atoms with E-state index in [4.69, 9.17) is 11.6 Å². The number of amides is 2. The molecule has 1 aliphatic rings. The monoisotopic (exact) mass is 395 g/mol. The van der Waals surface area contributed by atoms with Crippen LogP contribution in [0.4, 0.5) is 0 Å². The molecule has 0 aliphatic carbocycles. The average molecular weight is 396 g/mol. The zero-order chi connectivity index (χ0) is 19.5. The number of aromatic nitrogens is 1. The highest BCUT2D eigenvalue weighted by atomic mass is 35.5. The molecule has 0 radical (unpaired) electrons. The minimum absolute atomic E-state index is 0.00238. The predicted molar refractivity (Wildman–Crippen MR) is 111 cm³/mol. The van der Waals surface area contributed by atoms with Crippen LogP contribution in [0.15, 0.2) is 54.6 Å². The van der Waals surface area contributed by atoms with Gasteiger partial charge in [0.2, 0.25) is 5.91 Å². The number of H-pyrrole nitrogens is 1. The van der Waals surface area contributed by atoms with Crippen LogP contribution in [-0.4, -0.2) is 41.3 Å². The molecule has 0 atom stereocenters. The lowest BCUT2D eigenvalue weighted by Gasteiger charge is -2.31. The predicted octanol–water partition coefficient (Wildman–Crippen LogP) is 3.96. The van der Waals surface area contributed by atoms with Crippen LogP contribution in [0.5, 0.6) is 0 Å². The Morgan fingerprint density at radius 2 is 1.86 bits per heavy atom. The van der Waals surface area contributed by atoms with E-state index < -0.39 is 0 Å². The number of nitrogens with zero attached hydrogens (tertiary/aromatic N) is 1. The molecule has 1 aromatic heterocycles. The number of halogens is 1. The van der Waals surface area contributed by atoms with Gasteiger partial charge in [0, 0.05) is 40.8 Å². The van der Waals surface area contributed by atoms with Crippen molar-refractivity contribution >= 4 is 34.3 Å². The molecule has 0 bridgehead atoms. The van der Waals surface area contributed by atoms with Crippen molar-refractivity contribution in [1.82, 2.24) is 15.2 Å². The summed E-state index contributed by atoms with van der Waals surface area (Å²) < 4.78 is 0. The molecule has 5 nitrogen and oxygen atoms in total. The molecule has 0 unspecified atom stereocenters. The summed E-state index contributed by atoms with van der Waals surface area (Å²) in [5, 5.41) is 4.41. The molecule has 4 rings (SSSR count). The summed E-state index contributed by atoms with van der Waals surface area (Å²) >= 11 is 5.91. The van der Waals surface area contributed by atoms with E-state index in [0.717, 1.165) is 18.4 Å². The highest BCUT2D eigenvalue weighted by Crippen LogP contribution is 2.29. The number of hydrogen-bond donors (Lipinski definition) is 2. The number of piperidine rings is 1. The van der Waals surface area contributed by atoms with E-state index in [0.29, 0.717) is 29.6 Å². The van der Waals surface area contributed by atoms with Gasteiger partial charge in [-0.3, -0.25) is 9.59 Å². The first-order valence-electron chi connectivity index (χ1n) is 9.49. The molecule has 28 heavy (non-hydrogen) atoms. The SMILES string of the molecule is O=C(NCC(=O)N1CCC(c2cc3ccccc3[nH]2)CC1)c1cccc(Cl)c1. The first-order valence-corrected chi connectivity index (χ1v) is 9.87. The summed E-state index contributed by atoms with van der Waals surface area (Å²) in [4.78, 5) is 30.0. The topological polar surface area (TPSA) is 65.2 Å². The fourth-order valence-corrected chi connectivity index (χ4v) is 3.95. The third-order valence-electron chi connectivity index (χ3n) is 5.33. The zero-order valence-electron chi connectivity index (χ0n) is 15.5. The largest absolute Gasteiger partial charge is 0.358 e. The first kappa shape index (κ1) is 18.6. The highest BCUT2D eigenvalue weighted by molar-refractivity contribution is 6.31. The summed E-state index contributed by atoms with van der Waals surface area (Å²) in [7, 11) is 0. The highest BCUT2D eigenvalue weighted by Gasteiger charge is 2.25. The summed E-state index contributed by atoms with van der Waals surface area (Å²) in [6, 6.07) is 17.2. The molecule has 2 heterocycles. The van der Waals surface area contributed by atoms with Crippen LogP contribution in [-0.2, 0) is 4.79 Å². The molecule has 2 aromatic carbocycles. The number of para-hydroxylation sites is 1. The average Bonchev–Trinajstić information content (AvgIpc) is 3.16. The van der Waals surface area contributed by atoms with Gasteiger partial charge < -0.3 is 15.2 Å². The van der Waals surface area contributed by atoms with Crippen molar-refractivity contribution in [2.24, 2.45) is 0 Å². The second-order valence-electron chi connectivity index (χ2n) is 7.16. The Morgan fingerprint density at radius 1 is 1.07 bits per heavy atom. The Kier molecular flexibility index (Phi) is 5.35. The smallest absolute Gasteiger partial charge is 0.251 e. The maximum absolute atomic E-state index is 12.5. The van der Waals surface area contributed by atoms with E-state index in [2.05, 4.69) is 28.5 Å². The van der Waals surface area contributed by atoms with Crippen LogP contribution in [0.25, 0.3) is 10.9 Å². The van der Waals surface area contributed by atoms with E-state index in [-0.39, 0.29) is 18.4 Å². The molecule has 0 saturated carbocycles. The lowest BCUT2D eigenvalue weighted by Crippen LogP contribution is -2.43. The van der Waals surface area contributed by atoms with Gasteiger partial charge in [0.15, 0.2) is 0 Å². The van der Waals surface area contributed by atoms with Crippen LogP contribution >= 0.6 is 11.6 Å². The van der Waals surface area contributed by atoms with Crippen LogP contribution in [0.3, 0.4) is 0 Å². The van der Waals surface area contributed by atoms with Crippen LogP contribution in [0.2, 0.25) is 5.02 Å². The molecule has 1 fully saturated rings. The van der Waals surface area contributed by atoms with Gasteiger partial charge in [-0.15, -0.1) is 0 Å². The van der Waals surface area contributed by atoms with Crippen LogP contribution in [0, 0.1) is 0 Å². The summed E-state index contributed by atoms with van der Waals surface area (Å²) in [6.07, 6.45) is 1.83. The normalized spacial score (nSPS) is 15.0. The number of likely N-dealkylation sites (tertiary alicyclic amines) is 1. The van der Waals surface area contributed by atoms with E-state index >= 15 is 0 Å². The molecule has 0 spiro atoms. The molecule has 144 valence electrons. The van der Waals surface area contributed by atoms with Gasteiger partial charge >= 0.3 is 0 Å². The van der Waals surface area contributed by atoms with Gasteiger partial charge in [0.1, 0.15) is 0 Å². The Balaban J connectivity index is 1.29. The summed E-state index contributed by atoms with van der Waals surface area (Å²) in [5.74, 6) is 0.0896. The van der Waals surface area contributed by atoms with Crippen molar-refractivity contribution < 1.29 is 9.59 Å². The van der Waals surface area contributed by atoms with Gasteiger partial charge in [0.25, 0.3) is 5.91 Å². The molecule has 1 aliphatic heterocycles. The van der Waals surface area contributed by atoms with Crippen molar-refractivity contribution in [2.45, 2.75) is 18.8 Å². The van der Waals surface area contributed by atoms with Gasteiger partial charge in [0.05, 0.1) is 6.54 Å². The number of fused-ring (bicyclic) bond motifs is 1. The van der Waals surface area contributed by atoms with E-state index in [1.54, 1.807) is 24.3 Å². The van der Waals surface area contributed by atoms with Gasteiger partial charge in [-0.05, 0) is 48.6 Å². The number of aromatic amines is 1. The Hall–Kier alpha value is -2.79. The van der Waals surface area contributed by atoms with Crippen molar-refractivity contribution in [2.75, 3.05) is 19.6 Å². The third-order valence-corrected chi connectivity index (χ3v) is 5.56. The van der Waals surface area contributed by atoms with Crippen LogP contribution < -0.4 is 5.32 Å². The van der Waals surface area contributed by atoms with E-state index in [9.17, 15) is 9.59 Å². The molecule has 3 aromatic rings. The number of rotatable bonds is 4. The minimum Gasteiger partial charge on any atom is -0.358 e. The molecule has 1 saturated heterocycles. The van der Waals surface area contributed by atoms with Crippen molar-refractivity contribution in [3.05, 3.63) is 70.9 Å². The third kappa shape index (κ3) is 4.04. The zero-order valence-corrected chi connectivity index (χ0v) is 16.2. The number of hydrogen-bond acceptors (Lipinski definition) is 2. The Bertz CT molecular complexity index is 973. The number of carbonyl (C=O) groups excluding carboxylic acids is 2. The number of nitrogens with one attached hydrogen (secondary N) is 2. The number of benzene rings is 2. The fourth-order valence-electron chi connectivity index (χ4n) is 3.76. The van der Waals surface area contributed by atoms with E-state index in [1.807, 2.05) is 17.0 Å². The van der Waals surface area contributed by atoms with Crippen molar-refractivity contribution in [3.63, 3.8) is 0 Å². The maximum Gasteiger partial charge on any atom is 0.251 e. The lowest BCUT2D eigenvalue weighted by molar-refractivity contribution is -0.131. The first-order chi connectivity index (χ1) is 13.6. The second kappa shape index (κ2) is 8.07. The molecule has 2 N–H and O–H groups in total. The van der Waals surface area contributed by atoms with E-state index in [1.165, 1.54) is 11.1 Å². The summed E-state index contributed by atoms with van der Waals surface area (Å²) in [5.41, 5.74) is 2.85. The standard InChI is InChI=1S/C22H22ClN3O2/c23-18-6-3-5-17(12-18)22(28)24-14-21(27)26-10-8-15(9-11-26)20-13-16-4-1-2-7-19(16)25-20/h1-7,12-13,15,25H,8-11,14H2,(H,24,28). The quantitative estimate of drug-likeness (QED) is 0.702. The second-order valence-corrected chi connectivity index (χ2v) is 7.60. The number of carbonyl (C=O) groups is 2. The maximum atomic E-state index is 12.5. The van der Waals surface area contributed by atoms with Gasteiger partial charge in [-0.25, -0.2) is 0 Å². The summed E-state index contributed by atoms with van der Waals surface area (Å²) in [6.45, 7) is 1.40. The van der Waals surface area contributed by atoms with Gasteiger partial charge in [-0.1, -0.05) is 35.9 Å². The lowest BCUT2D eigenvalue weighted by atomic mass is 9.93. The van der Waals surface area contributed by atoms with Crippen LogP contribution in [0.1, 0.15) is 34.8 Å². The van der Waals surface area contributed by atoms with Crippen molar-refractivity contribution in [1.29, 1.82) is 0 Å². The molecule has 2 amide bonds.